The van der Waals surface area contributed by atoms with Gasteiger partial charge in [0.25, 0.3) is 0 Å². The van der Waals surface area contributed by atoms with Crippen LogP contribution in [0, 0.1) is 11.3 Å². The second-order valence-electron chi connectivity index (χ2n) is 4.24. The first kappa shape index (κ1) is 13.9. The lowest BCUT2D eigenvalue weighted by atomic mass is 10.0. The van der Waals surface area contributed by atoms with Crippen molar-refractivity contribution in [1.82, 2.24) is 0 Å². The van der Waals surface area contributed by atoms with Crippen LogP contribution in [0.2, 0.25) is 10.0 Å². The molecule has 5 heteroatoms. The van der Waals surface area contributed by atoms with Gasteiger partial charge in [0.05, 0.1) is 15.8 Å². The SMILES string of the molecule is N=C(/C(CBr)=C(\O)C1CC1)c1c(Cl)cccc1Cl. The highest BCUT2D eigenvalue weighted by molar-refractivity contribution is 9.09. The number of aliphatic hydroxyl groups is 1. The summed E-state index contributed by atoms with van der Waals surface area (Å²) in [7, 11) is 0. The number of nitrogens with one attached hydrogen (secondary N) is 1. The van der Waals surface area contributed by atoms with Crippen molar-refractivity contribution < 1.29 is 5.11 Å². The average molecular weight is 349 g/mol. The largest absolute Gasteiger partial charge is 0.512 e. The quantitative estimate of drug-likeness (QED) is 0.450. The Labute approximate surface area is 124 Å². The normalized spacial score (nSPS) is 16.4. The van der Waals surface area contributed by atoms with E-state index in [1.165, 1.54) is 0 Å². The van der Waals surface area contributed by atoms with Crippen molar-refractivity contribution in [2.45, 2.75) is 12.8 Å². The monoisotopic (exact) mass is 347 g/mol. The zero-order valence-corrected chi connectivity index (χ0v) is 12.6. The van der Waals surface area contributed by atoms with Crippen molar-refractivity contribution in [3.63, 3.8) is 0 Å². The van der Waals surface area contributed by atoms with E-state index in [0.29, 0.717) is 26.5 Å². The number of alkyl halides is 1. The van der Waals surface area contributed by atoms with Gasteiger partial charge in [0, 0.05) is 22.4 Å². The van der Waals surface area contributed by atoms with Crippen LogP contribution in [-0.2, 0) is 0 Å². The van der Waals surface area contributed by atoms with E-state index in [2.05, 4.69) is 15.9 Å². The molecule has 0 aromatic heterocycles. The van der Waals surface area contributed by atoms with Crippen LogP contribution in [0.25, 0.3) is 0 Å². The summed E-state index contributed by atoms with van der Waals surface area (Å²) >= 11 is 15.5. The number of rotatable bonds is 4. The van der Waals surface area contributed by atoms with Crippen molar-refractivity contribution in [3.8, 4) is 0 Å². The number of allylic oxidation sites excluding steroid dienone is 2. The zero-order chi connectivity index (χ0) is 13.3. The summed E-state index contributed by atoms with van der Waals surface area (Å²) in [5.74, 6) is 0.479. The van der Waals surface area contributed by atoms with Crippen LogP contribution >= 0.6 is 39.1 Å². The molecule has 2 rings (SSSR count). The molecular weight excluding hydrogens is 337 g/mol. The maximum Gasteiger partial charge on any atom is 0.101 e. The van der Waals surface area contributed by atoms with Crippen LogP contribution in [0.5, 0.6) is 0 Å². The molecule has 96 valence electrons. The Kier molecular flexibility index (Phi) is 4.36. The van der Waals surface area contributed by atoms with Gasteiger partial charge in [-0.3, -0.25) is 5.41 Å². The molecule has 1 fully saturated rings. The summed E-state index contributed by atoms with van der Waals surface area (Å²) in [6, 6.07) is 5.12. The predicted octanol–water partition coefficient (Wildman–Crippen LogP) is 4.98. The van der Waals surface area contributed by atoms with Gasteiger partial charge in [-0.05, 0) is 25.0 Å². The first-order chi connectivity index (χ1) is 8.56. The second kappa shape index (κ2) is 5.64. The first-order valence-corrected chi connectivity index (χ1v) is 7.45. The summed E-state index contributed by atoms with van der Waals surface area (Å²) in [6.07, 6.45) is 1.96. The van der Waals surface area contributed by atoms with Gasteiger partial charge < -0.3 is 5.11 Å². The molecule has 1 aliphatic rings. The summed E-state index contributed by atoms with van der Waals surface area (Å²) in [5.41, 5.74) is 1.22. The number of halogens is 3. The van der Waals surface area contributed by atoms with Crippen LogP contribution in [0.3, 0.4) is 0 Å². The van der Waals surface area contributed by atoms with Gasteiger partial charge in [0.1, 0.15) is 5.76 Å². The Bertz CT molecular complexity index is 503. The third-order valence-corrected chi connectivity index (χ3v) is 4.11. The van der Waals surface area contributed by atoms with Crippen LogP contribution in [0.4, 0.5) is 0 Å². The highest BCUT2D eigenvalue weighted by Gasteiger charge is 2.30. The lowest BCUT2D eigenvalue weighted by Crippen LogP contribution is -2.10. The fraction of sp³-hybridized carbons (Fsp3) is 0.308. The molecule has 0 unspecified atom stereocenters. The first-order valence-electron chi connectivity index (χ1n) is 5.57. The Morgan fingerprint density at radius 3 is 2.33 bits per heavy atom. The summed E-state index contributed by atoms with van der Waals surface area (Å²) in [4.78, 5) is 0. The minimum Gasteiger partial charge on any atom is -0.512 e. The highest BCUT2D eigenvalue weighted by Crippen LogP contribution is 2.38. The molecule has 1 aromatic rings. The summed E-state index contributed by atoms with van der Waals surface area (Å²) in [5, 5.41) is 19.6. The van der Waals surface area contributed by atoms with E-state index in [-0.39, 0.29) is 17.4 Å². The predicted molar refractivity (Wildman–Crippen MR) is 79.5 cm³/mol. The van der Waals surface area contributed by atoms with Gasteiger partial charge in [-0.15, -0.1) is 0 Å². The molecule has 2 N–H and O–H groups in total. The summed E-state index contributed by atoms with van der Waals surface area (Å²) in [6.45, 7) is 0. The Morgan fingerprint density at radius 1 is 1.33 bits per heavy atom. The van der Waals surface area contributed by atoms with Crippen molar-refractivity contribution in [1.29, 1.82) is 5.41 Å². The number of hydrogen-bond donors (Lipinski definition) is 2. The number of aliphatic hydroxyl groups excluding tert-OH is 1. The van der Waals surface area contributed by atoms with Gasteiger partial charge in [-0.2, -0.15) is 0 Å². The van der Waals surface area contributed by atoms with E-state index in [1.54, 1.807) is 18.2 Å². The smallest absolute Gasteiger partial charge is 0.101 e. The minimum atomic E-state index is 0.187. The zero-order valence-electron chi connectivity index (χ0n) is 9.51. The fourth-order valence-corrected chi connectivity index (χ4v) is 2.91. The molecule has 0 aliphatic heterocycles. The van der Waals surface area contributed by atoms with E-state index in [9.17, 15) is 5.11 Å². The molecule has 0 saturated heterocycles. The lowest BCUT2D eigenvalue weighted by Gasteiger charge is -2.12. The third kappa shape index (κ3) is 2.73. The van der Waals surface area contributed by atoms with Gasteiger partial charge in [-0.1, -0.05) is 45.2 Å². The highest BCUT2D eigenvalue weighted by atomic mass is 79.9. The molecular formula is C13H12BrCl2NO. The maximum atomic E-state index is 10.1. The van der Waals surface area contributed by atoms with E-state index >= 15 is 0 Å². The number of benzene rings is 1. The Balaban J connectivity index is 2.44. The van der Waals surface area contributed by atoms with Crippen molar-refractivity contribution >= 4 is 44.8 Å². The molecule has 1 aromatic carbocycles. The van der Waals surface area contributed by atoms with Crippen LogP contribution in [-0.4, -0.2) is 16.1 Å². The molecule has 0 bridgehead atoms. The van der Waals surface area contributed by atoms with Crippen molar-refractivity contribution in [2.75, 3.05) is 5.33 Å². The van der Waals surface area contributed by atoms with Gasteiger partial charge in [0.15, 0.2) is 0 Å². The van der Waals surface area contributed by atoms with E-state index in [4.69, 9.17) is 28.6 Å². The minimum absolute atomic E-state index is 0.187. The van der Waals surface area contributed by atoms with Gasteiger partial charge in [0.2, 0.25) is 0 Å². The van der Waals surface area contributed by atoms with Crippen molar-refractivity contribution in [2.24, 2.45) is 5.92 Å². The standard InChI is InChI=1S/C13H12BrCl2NO/c14-6-8(13(18)7-4-5-7)12(17)11-9(15)2-1-3-10(11)16/h1-3,7,17-18H,4-6H2/b13-8-,17-12?. The van der Waals surface area contributed by atoms with Crippen LogP contribution in [0.15, 0.2) is 29.5 Å². The molecule has 1 saturated carbocycles. The van der Waals surface area contributed by atoms with Crippen LogP contribution < -0.4 is 0 Å². The van der Waals surface area contributed by atoms with Crippen molar-refractivity contribution in [3.05, 3.63) is 45.1 Å². The molecule has 0 spiro atoms. The fourth-order valence-electron chi connectivity index (χ4n) is 1.75. The van der Waals surface area contributed by atoms with E-state index in [0.717, 1.165) is 12.8 Å². The van der Waals surface area contributed by atoms with Gasteiger partial charge >= 0.3 is 0 Å². The molecule has 0 radical (unpaired) electrons. The molecule has 0 amide bonds. The van der Waals surface area contributed by atoms with E-state index < -0.39 is 0 Å². The molecule has 18 heavy (non-hydrogen) atoms. The second-order valence-corrected chi connectivity index (χ2v) is 5.62. The lowest BCUT2D eigenvalue weighted by molar-refractivity contribution is 0.375. The topological polar surface area (TPSA) is 44.1 Å². The van der Waals surface area contributed by atoms with Gasteiger partial charge in [-0.25, -0.2) is 0 Å². The Morgan fingerprint density at radius 2 is 1.89 bits per heavy atom. The third-order valence-electron chi connectivity index (χ3n) is 2.92. The van der Waals surface area contributed by atoms with Crippen LogP contribution in [0.1, 0.15) is 18.4 Å². The summed E-state index contributed by atoms with van der Waals surface area (Å²) < 4.78 is 0. The number of hydrogen-bond acceptors (Lipinski definition) is 2. The molecule has 1 aliphatic carbocycles. The molecule has 0 heterocycles. The Hall–Kier alpha value is -0.510. The molecule has 2 nitrogen and oxygen atoms in total. The molecule has 0 atom stereocenters. The average Bonchev–Trinajstić information content (AvgIpc) is 3.13. The maximum absolute atomic E-state index is 10.1. The van der Waals surface area contributed by atoms with E-state index in [1.807, 2.05) is 0 Å².